The molecule has 1 fully saturated rings. The number of nitrogens with two attached hydrogens (primary N) is 1. The average Bonchev–Trinajstić information content (AvgIpc) is 3.28. The first-order valence-electron chi connectivity index (χ1n) is 13.6. The average molecular weight is 543 g/mol. The van der Waals surface area contributed by atoms with Crippen molar-refractivity contribution in [1.29, 1.82) is 0 Å². The molecule has 0 bridgehead atoms. The number of hydrogen-bond acceptors (Lipinski definition) is 8. The molecule has 10 heteroatoms. The van der Waals surface area contributed by atoms with Crippen LogP contribution in [0.4, 0.5) is 0 Å². The lowest BCUT2D eigenvalue weighted by molar-refractivity contribution is -0.129. The van der Waals surface area contributed by atoms with Gasteiger partial charge in [-0.2, -0.15) is 0 Å². The van der Waals surface area contributed by atoms with Crippen molar-refractivity contribution in [3.63, 3.8) is 0 Å². The molecule has 1 aliphatic heterocycles. The summed E-state index contributed by atoms with van der Waals surface area (Å²) in [5, 5.41) is 9.70. The van der Waals surface area contributed by atoms with Crippen molar-refractivity contribution in [2.24, 2.45) is 5.73 Å². The Morgan fingerprint density at radius 3 is 2.64 bits per heavy atom. The van der Waals surface area contributed by atoms with Crippen molar-refractivity contribution in [2.75, 3.05) is 33.4 Å². The lowest BCUT2D eigenvalue weighted by atomic mass is 9.91. The first kappa shape index (κ1) is 32.1. The minimum absolute atomic E-state index is 0.199. The van der Waals surface area contributed by atoms with Gasteiger partial charge in [-0.15, -0.1) is 0 Å². The van der Waals surface area contributed by atoms with E-state index >= 15 is 0 Å². The van der Waals surface area contributed by atoms with Crippen LogP contribution in [0.15, 0.2) is 18.2 Å². The number of aliphatic hydroxyl groups is 1. The molecular weight excluding hydrogens is 500 g/mol. The third-order valence-corrected chi connectivity index (χ3v) is 7.06. The van der Waals surface area contributed by atoms with E-state index in [1.807, 2.05) is 19.1 Å². The Kier molecular flexibility index (Phi) is 14.4. The van der Waals surface area contributed by atoms with E-state index in [1.165, 1.54) is 4.90 Å². The molecule has 214 valence electrons. The van der Waals surface area contributed by atoms with E-state index in [2.05, 4.69) is 29.1 Å². The Balaban J connectivity index is 0.00000124. The highest BCUT2D eigenvalue weighted by Gasteiger charge is 2.36. The largest absolute Gasteiger partial charge is 0.389 e. The van der Waals surface area contributed by atoms with Crippen molar-refractivity contribution < 1.29 is 29.0 Å². The Morgan fingerprint density at radius 1 is 1.28 bits per heavy atom. The topological polar surface area (TPSA) is 142 Å². The number of carbonyl (C=O) groups excluding carboxylic acids is 4. The van der Waals surface area contributed by atoms with Crippen LogP contribution in [0.25, 0.3) is 0 Å². The number of rotatable bonds is 12. The van der Waals surface area contributed by atoms with Gasteiger partial charge in [0.15, 0.2) is 0 Å². The Bertz CT molecular complexity index is 1010. The van der Waals surface area contributed by atoms with Gasteiger partial charge in [0, 0.05) is 42.7 Å². The fourth-order valence-electron chi connectivity index (χ4n) is 4.90. The molecular formula is C29H42N4O6. The van der Waals surface area contributed by atoms with Gasteiger partial charge in [-0.1, -0.05) is 31.3 Å². The number of aldehydes is 1. The molecule has 3 amide bonds. The predicted octanol–water partition coefficient (Wildman–Crippen LogP) is 1.22. The number of likely N-dealkylation sites (N-methyl/N-ethyl adjacent to an activating group) is 1. The molecule has 4 N–H and O–H groups in total. The summed E-state index contributed by atoms with van der Waals surface area (Å²) in [7, 11) is 2.15. The van der Waals surface area contributed by atoms with Gasteiger partial charge < -0.3 is 30.2 Å². The molecule has 0 saturated heterocycles. The molecule has 1 aromatic rings. The summed E-state index contributed by atoms with van der Waals surface area (Å²) in [4.78, 5) is 48.9. The molecule has 10 nitrogen and oxygen atoms in total. The smallest absolute Gasteiger partial charge is 0.255 e. The summed E-state index contributed by atoms with van der Waals surface area (Å²) in [6, 6.07) is 5.76. The van der Waals surface area contributed by atoms with Crippen molar-refractivity contribution in [1.82, 2.24) is 15.1 Å². The molecule has 2 aliphatic rings. The number of carbonyl (C=O) groups is 4. The highest BCUT2D eigenvalue weighted by molar-refractivity contribution is 6.02. The summed E-state index contributed by atoms with van der Waals surface area (Å²) in [6.45, 7) is 4.02. The summed E-state index contributed by atoms with van der Waals surface area (Å²) >= 11 is 0. The number of ether oxygens (including phenoxy) is 1. The van der Waals surface area contributed by atoms with Gasteiger partial charge in [-0.05, 0) is 56.8 Å². The van der Waals surface area contributed by atoms with Crippen molar-refractivity contribution in [3.8, 4) is 11.8 Å². The fourth-order valence-corrected chi connectivity index (χ4v) is 4.90. The minimum atomic E-state index is -0.678. The summed E-state index contributed by atoms with van der Waals surface area (Å²) in [5.74, 6) is 5.68. The first-order valence-corrected chi connectivity index (χ1v) is 13.6. The molecule has 1 aliphatic carbocycles. The Morgan fingerprint density at radius 2 is 2.00 bits per heavy atom. The van der Waals surface area contributed by atoms with E-state index in [1.54, 1.807) is 6.07 Å². The SMILES string of the molecule is CCCC(C(=O)NC=O)N1Cc2c(C#CCCOCCN(C)C3CCC(N)CC3)cccc2C1=O.O=CCO. The molecule has 1 unspecified atom stereocenters. The number of nitrogens with zero attached hydrogens (tertiary/aromatic N) is 2. The molecule has 0 radical (unpaired) electrons. The molecule has 1 aromatic carbocycles. The van der Waals surface area contributed by atoms with E-state index in [9.17, 15) is 14.4 Å². The number of fused-ring (bicyclic) bond motifs is 1. The van der Waals surface area contributed by atoms with Crippen LogP contribution in [0.1, 0.15) is 73.4 Å². The van der Waals surface area contributed by atoms with Crippen LogP contribution in [-0.4, -0.2) is 91.0 Å². The second-order valence-corrected chi connectivity index (χ2v) is 9.76. The number of aliphatic hydroxyl groups excluding tert-OH is 1. The van der Waals surface area contributed by atoms with Gasteiger partial charge in [0.1, 0.15) is 12.3 Å². The van der Waals surface area contributed by atoms with Crippen LogP contribution in [0.3, 0.4) is 0 Å². The summed E-state index contributed by atoms with van der Waals surface area (Å²) in [6.07, 6.45) is 7.11. The molecule has 0 aromatic heterocycles. The third-order valence-electron chi connectivity index (χ3n) is 7.06. The maximum Gasteiger partial charge on any atom is 0.255 e. The van der Waals surface area contributed by atoms with Gasteiger partial charge in [-0.3, -0.25) is 19.7 Å². The zero-order valence-corrected chi connectivity index (χ0v) is 23.1. The Hall–Kier alpha value is -3.10. The fraction of sp³-hybridized carbons (Fsp3) is 0.586. The van der Waals surface area contributed by atoms with E-state index in [4.69, 9.17) is 20.4 Å². The van der Waals surface area contributed by atoms with E-state index in [0.717, 1.165) is 43.4 Å². The normalized spacial score (nSPS) is 18.8. The zero-order valence-electron chi connectivity index (χ0n) is 23.1. The quantitative estimate of drug-likeness (QED) is 0.203. The monoisotopic (exact) mass is 542 g/mol. The Labute approximate surface area is 231 Å². The van der Waals surface area contributed by atoms with Crippen LogP contribution >= 0.6 is 0 Å². The standard InChI is InChI=1S/C27H38N4O4.C2H4O2/c1-3-7-25(26(33)29-19-32)31-18-24-20(9-6-10-23(24)27(31)34)8-4-5-16-35-17-15-30(2)22-13-11-21(28)12-14-22;3-1-2-4/h6,9-10,19,21-22,25H,3,5,7,11-18,28H2,1-2H3,(H,29,32,33);1,4H,2H2. The molecule has 3 rings (SSSR count). The van der Waals surface area contributed by atoms with Crippen molar-refractivity contribution in [3.05, 3.63) is 34.9 Å². The zero-order chi connectivity index (χ0) is 28.6. The van der Waals surface area contributed by atoms with Crippen LogP contribution in [0.5, 0.6) is 0 Å². The lowest BCUT2D eigenvalue weighted by Crippen LogP contribution is -2.46. The van der Waals surface area contributed by atoms with E-state index in [0.29, 0.717) is 69.4 Å². The molecule has 1 heterocycles. The van der Waals surface area contributed by atoms with Crippen molar-refractivity contribution in [2.45, 2.75) is 76.5 Å². The number of nitrogens with one attached hydrogen (secondary N) is 1. The van der Waals surface area contributed by atoms with Gasteiger partial charge in [0.2, 0.25) is 12.3 Å². The maximum absolute atomic E-state index is 13.0. The molecule has 1 atom stereocenters. The van der Waals surface area contributed by atoms with Crippen molar-refractivity contribution >= 4 is 24.5 Å². The highest BCUT2D eigenvalue weighted by Crippen LogP contribution is 2.28. The third kappa shape index (κ3) is 9.86. The number of benzene rings is 1. The summed E-state index contributed by atoms with van der Waals surface area (Å²) in [5.41, 5.74) is 8.19. The van der Waals surface area contributed by atoms with Gasteiger partial charge in [-0.25, -0.2) is 0 Å². The van der Waals surface area contributed by atoms with E-state index in [-0.39, 0.29) is 12.5 Å². The lowest BCUT2D eigenvalue weighted by Gasteiger charge is -2.33. The molecule has 0 spiro atoms. The number of imide groups is 1. The minimum Gasteiger partial charge on any atom is -0.389 e. The number of hydrogen-bond donors (Lipinski definition) is 3. The second-order valence-electron chi connectivity index (χ2n) is 9.76. The van der Waals surface area contributed by atoms with Crippen LogP contribution in [-0.2, 0) is 25.7 Å². The molecule has 1 saturated carbocycles. The molecule has 39 heavy (non-hydrogen) atoms. The highest BCUT2D eigenvalue weighted by atomic mass is 16.5. The maximum atomic E-state index is 13.0. The summed E-state index contributed by atoms with van der Waals surface area (Å²) < 4.78 is 5.78. The van der Waals surface area contributed by atoms with E-state index < -0.39 is 11.9 Å². The second kappa shape index (κ2) is 17.5. The number of amides is 3. The van der Waals surface area contributed by atoms with Gasteiger partial charge >= 0.3 is 0 Å². The van der Waals surface area contributed by atoms with Crippen LogP contribution in [0.2, 0.25) is 0 Å². The van der Waals surface area contributed by atoms with Gasteiger partial charge in [0.25, 0.3) is 5.91 Å². The van der Waals surface area contributed by atoms with Crippen LogP contribution in [0, 0.1) is 11.8 Å². The predicted molar refractivity (Wildman–Crippen MR) is 148 cm³/mol. The first-order chi connectivity index (χ1) is 18.9. The van der Waals surface area contributed by atoms with Crippen LogP contribution < -0.4 is 11.1 Å². The van der Waals surface area contributed by atoms with Gasteiger partial charge in [0.05, 0.1) is 19.8 Å².